The van der Waals surface area contributed by atoms with Crippen LogP contribution in [0.5, 0.6) is 0 Å². The number of benzene rings is 1. The van der Waals surface area contributed by atoms with Gasteiger partial charge >= 0.3 is 0 Å². The lowest BCUT2D eigenvalue weighted by Crippen LogP contribution is -2.22. The third kappa shape index (κ3) is 3.55. The molecule has 6 heteroatoms. The predicted molar refractivity (Wildman–Crippen MR) is 88.3 cm³/mol. The van der Waals surface area contributed by atoms with E-state index in [4.69, 9.17) is 11.6 Å². The number of carbonyl (C=O) groups is 1. The fourth-order valence-corrected chi connectivity index (χ4v) is 3.12. The Kier molecular flexibility index (Phi) is 4.56. The van der Waals surface area contributed by atoms with E-state index in [2.05, 4.69) is 16.4 Å². The Morgan fingerprint density at radius 1 is 1.23 bits per heavy atom. The van der Waals surface area contributed by atoms with Crippen molar-refractivity contribution in [2.75, 3.05) is 0 Å². The molecular formula is C16H14ClN3OS. The molecule has 1 N–H and O–H groups in total. The van der Waals surface area contributed by atoms with Crippen LogP contribution in [0.4, 0.5) is 0 Å². The van der Waals surface area contributed by atoms with E-state index >= 15 is 0 Å². The largest absolute Gasteiger partial charge is 0.347 e. The normalized spacial score (nSPS) is 10.6. The van der Waals surface area contributed by atoms with Gasteiger partial charge in [0.2, 0.25) is 0 Å². The summed E-state index contributed by atoms with van der Waals surface area (Å²) in [6.45, 7) is 1.22. The van der Waals surface area contributed by atoms with Crippen molar-refractivity contribution in [3.05, 3.63) is 75.5 Å². The average Bonchev–Trinajstić information content (AvgIpc) is 3.18. The van der Waals surface area contributed by atoms with Crippen LogP contribution in [0.25, 0.3) is 0 Å². The van der Waals surface area contributed by atoms with Gasteiger partial charge in [0.15, 0.2) is 0 Å². The van der Waals surface area contributed by atoms with E-state index in [1.54, 1.807) is 24.7 Å². The van der Waals surface area contributed by atoms with Gasteiger partial charge in [-0.15, -0.1) is 11.3 Å². The minimum absolute atomic E-state index is 0.102. The van der Waals surface area contributed by atoms with Gasteiger partial charge in [-0.1, -0.05) is 35.9 Å². The number of nitrogens with one attached hydrogen (secondary N) is 1. The topological polar surface area (TPSA) is 46.9 Å². The third-order valence-electron chi connectivity index (χ3n) is 3.27. The fourth-order valence-electron chi connectivity index (χ4n) is 2.16. The van der Waals surface area contributed by atoms with Gasteiger partial charge in [-0.25, -0.2) is 4.98 Å². The highest BCUT2D eigenvalue weighted by Gasteiger charge is 2.09. The van der Waals surface area contributed by atoms with Crippen LogP contribution in [0, 0.1) is 0 Å². The molecule has 4 nitrogen and oxygen atoms in total. The Morgan fingerprint density at radius 2 is 2.05 bits per heavy atom. The molecule has 22 heavy (non-hydrogen) atoms. The van der Waals surface area contributed by atoms with Crippen LogP contribution >= 0.6 is 22.9 Å². The molecule has 0 saturated heterocycles. The Labute approximate surface area is 137 Å². The van der Waals surface area contributed by atoms with Crippen molar-refractivity contribution in [2.24, 2.45) is 0 Å². The molecule has 0 bridgehead atoms. The zero-order valence-corrected chi connectivity index (χ0v) is 13.3. The number of carbonyl (C=O) groups excluding carboxylic acids is 1. The molecule has 3 aromatic rings. The monoisotopic (exact) mass is 331 g/mol. The van der Waals surface area contributed by atoms with Gasteiger partial charge in [0.1, 0.15) is 0 Å². The predicted octanol–water partition coefficient (Wildman–Crippen LogP) is 3.58. The number of rotatable bonds is 5. The summed E-state index contributed by atoms with van der Waals surface area (Å²) in [4.78, 5) is 16.8. The highest BCUT2D eigenvalue weighted by atomic mass is 35.5. The molecule has 0 aliphatic carbocycles. The van der Waals surface area contributed by atoms with Gasteiger partial charge in [0, 0.05) is 25.5 Å². The molecule has 0 radical (unpaired) electrons. The van der Waals surface area contributed by atoms with Crippen molar-refractivity contribution in [3.8, 4) is 0 Å². The van der Waals surface area contributed by atoms with Crippen molar-refractivity contribution in [3.63, 3.8) is 0 Å². The summed E-state index contributed by atoms with van der Waals surface area (Å²) in [5.41, 5.74) is 2.25. The third-order valence-corrected chi connectivity index (χ3v) is 4.50. The first-order chi connectivity index (χ1) is 10.7. The minimum atomic E-state index is -0.102. The Bertz CT molecular complexity index is 767. The summed E-state index contributed by atoms with van der Waals surface area (Å²) in [5, 5.41) is 2.94. The lowest BCUT2D eigenvalue weighted by Gasteiger charge is -2.11. The Hall–Kier alpha value is -2.11. The van der Waals surface area contributed by atoms with Gasteiger partial charge in [-0.2, -0.15) is 0 Å². The maximum Gasteiger partial charge on any atom is 0.261 e. The van der Waals surface area contributed by atoms with Crippen LogP contribution < -0.4 is 5.32 Å². The number of nitrogens with zero attached hydrogens (tertiary/aromatic N) is 2. The number of aromatic nitrogens is 2. The molecule has 0 spiro atoms. The number of amides is 1. The second-order valence-electron chi connectivity index (χ2n) is 4.79. The molecule has 3 rings (SSSR count). The van der Waals surface area contributed by atoms with Crippen molar-refractivity contribution in [1.29, 1.82) is 0 Å². The van der Waals surface area contributed by atoms with Crippen LogP contribution in [-0.2, 0) is 13.1 Å². The smallest absolute Gasteiger partial charge is 0.261 e. The number of halogens is 1. The second kappa shape index (κ2) is 6.77. The first kappa shape index (κ1) is 14.8. The van der Waals surface area contributed by atoms with Gasteiger partial charge in [0.25, 0.3) is 5.91 Å². The number of hydrogen-bond acceptors (Lipinski definition) is 3. The van der Waals surface area contributed by atoms with Gasteiger partial charge in [-0.05, 0) is 23.3 Å². The first-order valence-corrected chi connectivity index (χ1v) is 7.98. The van der Waals surface area contributed by atoms with Crippen LogP contribution in [0.3, 0.4) is 0 Å². The highest BCUT2D eigenvalue weighted by Crippen LogP contribution is 2.21. The van der Waals surface area contributed by atoms with Crippen LogP contribution in [-0.4, -0.2) is 15.5 Å². The van der Waals surface area contributed by atoms with Crippen molar-refractivity contribution in [2.45, 2.75) is 13.1 Å². The van der Waals surface area contributed by atoms with Crippen LogP contribution in [0.2, 0.25) is 4.34 Å². The second-order valence-corrected chi connectivity index (χ2v) is 6.51. The number of imidazole rings is 1. The Morgan fingerprint density at radius 3 is 2.73 bits per heavy atom. The van der Waals surface area contributed by atoms with Crippen LogP contribution in [0.15, 0.2) is 55.1 Å². The molecule has 0 unspecified atom stereocenters. The van der Waals surface area contributed by atoms with E-state index in [-0.39, 0.29) is 5.91 Å². The Balaban J connectivity index is 1.68. The summed E-state index contributed by atoms with van der Waals surface area (Å²) in [6, 6.07) is 11.5. The van der Waals surface area contributed by atoms with Crippen LogP contribution in [0.1, 0.15) is 20.8 Å². The van der Waals surface area contributed by atoms with E-state index < -0.39 is 0 Å². The lowest BCUT2D eigenvalue weighted by molar-refractivity contribution is 0.0955. The standard InChI is InChI=1S/C16H14ClN3OS/c17-15-6-5-14(22-15)16(21)19-9-12-3-1-2-4-13(12)10-20-8-7-18-11-20/h1-8,11H,9-10H2,(H,19,21). The number of hydrogen-bond donors (Lipinski definition) is 1. The van der Waals surface area contributed by atoms with Crippen molar-refractivity contribution >= 4 is 28.8 Å². The molecule has 2 heterocycles. The molecule has 112 valence electrons. The molecule has 0 saturated carbocycles. The molecule has 0 fully saturated rings. The number of thiophene rings is 1. The maximum atomic E-state index is 12.1. The first-order valence-electron chi connectivity index (χ1n) is 6.78. The fraction of sp³-hybridized carbons (Fsp3) is 0.125. The molecule has 1 amide bonds. The van der Waals surface area contributed by atoms with Gasteiger partial charge in [0.05, 0.1) is 15.5 Å². The van der Waals surface area contributed by atoms with Crippen molar-refractivity contribution < 1.29 is 4.79 Å². The lowest BCUT2D eigenvalue weighted by atomic mass is 10.1. The summed E-state index contributed by atoms with van der Waals surface area (Å²) in [6.07, 6.45) is 5.46. The summed E-state index contributed by atoms with van der Waals surface area (Å²) in [7, 11) is 0. The van der Waals surface area contributed by atoms with E-state index in [1.165, 1.54) is 11.3 Å². The highest BCUT2D eigenvalue weighted by molar-refractivity contribution is 7.17. The van der Waals surface area contributed by atoms with E-state index in [0.29, 0.717) is 15.8 Å². The molecule has 0 atom stereocenters. The summed E-state index contributed by atoms with van der Waals surface area (Å²) < 4.78 is 2.62. The van der Waals surface area contributed by atoms with Crippen molar-refractivity contribution in [1.82, 2.24) is 14.9 Å². The average molecular weight is 332 g/mol. The van der Waals surface area contributed by atoms with Gasteiger partial charge in [-0.3, -0.25) is 4.79 Å². The minimum Gasteiger partial charge on any atom is -0.347 e. The summed E-state index contributed by atoms with van der Waals surface area (Å²) >= 11 is 7.14. The molecule has 0 aliphatic heterocycles. The quantitative estimate of drug-likeness (QED) is 0.776. The molecular weight excluding hydrogens is 318 g/mol. The SMILES string of the molecule is O=C(NCc1ccccc1Cn1ccnc1)c1ccc(Cl)s1. The molecule has 0 aliphatic rings. The van der Waals surface area contributed by atoms with E-state index in [9.17, 15) is 4.79 Å². The van der Waals surface area contributed by atoms with E-state index in [1.807, 2.05) is 29.0 Å². The zero-order valence-electron chi connectivity index (χ0n) is 11.7. The van der Waals surface area contributed by atoms with E-state index in [0.717, 1.165) is 17.7 Å². The summed E-state index contributed by atoms with van der Waals surface area (Å²) in [5.74, 6) is -0.102. The zero-order chi connectivity index (χ0) is 15.4. The molecule has 2 aromatic heterocycles. The van der Waals surface area contributed by atoms with Gasteiger partial charge < -0.3 is 9.88 Å². The maximum absolute atomic E-state index is 12.1. The molecule has 1 aromatic carbocycles.